The van der Waals surface area contributed by atoms with E-state index >= 15 is 0 Å². The molecule has 0 saturated heterocycles. The Morgan fingerprint density at radius 1 is 1.35 bits per heavy atom. The first kappa shape index (κ1) is 13.8. The first-order valence-corrected chi connectivity index (χ1v) is 7.84. The van der Waals surface area contributed by atoms with Crippen molar-refractivity contribution in [2.75, 3.05) is 0 Å². The molecule has 2 aromatic rings. The molecule has 0 bridgehead atoms. The molecule has 0 radical (unpaired) electrons. The molecule has 2 nitrogen and oxygen atoms in total. The van der Waals surface area contributed by atoms with Crippen LogP contribution in [0, 0.1) is 22.9 Å². The average Bonchev–Trinajstić information content (AvgIpc) is 2.99. The maximum Gasteiger partial charge on any atom is 0.178 e. The summed E-state index contributed by atoms with van der Waals surface area (Å²) in [5.74, 6) is -0.174. The van der Waals surface area contributed by atoms with Gasteiger partial charge >= 0.3 is 0 Å². The van der Waals surface area contributed by atoms with E-state index in [0.29, 0.717) is 15.7 Å². The Hall–Kier alpha value is -1.16. The van der Waals surface area contributed by atoms with Crippen LogP contribution < -0.4 is 0 Å². The van der Waals surface area contributed by atoms with Crippen LogP contribution in [0.15, 0.2) is 12.1 Å². The minimum absolute atomic E-state index is 0.174. The van der Waals surface area contributed by atoms with E-state index in [-0.39, 0.29) is 5.82 Å². The van der Waals surface area contributed by atoms with E-state index in [1.54, 1.807) is 13.0 Å². The van der Waals surface area contributed by atoms with E-state index < -0.39 is 0 Å². The molecular formula is C16H21FN2S. The molecule has 3 rings (SSSR count). The SMILES string of the molecule is CCC1(Cn2c(=S)[nH]c3cc(F)c(C)cc32)CCCC1. The van der Waals surface area contributed by atoms with Gasteiger partial charge in [-0.1, -0.05) is 19.8 Å². The number of hydrogen-bond donors (Lipinski definition) is 1. The summed E-state index contributed by atoms with van der Waals surface area (Å²) in [7, 11) is 0. The molecule has 20 heavy (non-hydrogen) atoms. The van der Waals surface area contributed by atoms with Crippen molar-refractivity contribution in [2.24, 2.45) is 5.41 Å². The minimum Gasteiger partial charge on any atom is -0.330 e. The molecule has 4 heteroatoms. The van der Waals surface area contributed by atoms with E-state index in [0.717, 1.165) is 17.6 Å². The van der Waals surface area contributed by atoms with Crippen LogP contribution in [-0.2, 0) is 6.54 Å². The number of H-pyrrole nitrogens is 1. The summed E-state index contributed by atoms with van der Waals surface area (Å²) in [5.41, 5.74) is 2.89. The maximum absolute atomic E-state index is 13.7. The molecule has 1 aromatic heterocycles. The number of hydrogen-bond acceptors (Lipinski definition) is 1. The van der Waals surface area contributed by atoms with Crippen molar-refractivity contribution in [2.45, 2.75) is 52.5 Å². The Labute approximate surface area is 124 Å². The van der Waals surface area contributed by atoms with Gasteiger partial charge in [0.05, 0.1) is 11.0 Å². The van der Waals surface area contributed by atoms with Gasteiger partial charge in [0.1, 0.15) is 5.82 Å². The second-order valence-electron chi connectivity index (χ2n) is 6.20. The fourth-order valence-electron chi connectivity index (χ4n) is 3.52. The number of fused-ring (bicyclic) bond motifs is 1. The first-order chi connectivity index (χ1) is 9.54. The monoisotopic (exact) mass is 292 g/mol. The number of nitrogens with zero attached hydrogens (tertiary/aromatic N) is 1. The van der Waals surface area contributed by atoms with Gasteiger partial charge in [0.15, 0.2) is 4.77 Å². The van der Waals surface area contributed by atoms with Crippen molar-refractivity contribution in [1.82, 2.24) is 9.55 Å². The van der Waals surface area contributed by atoms with E-state index in [9.17, 15) is 4.39 Å². The second-order valence-corrected chi connectivity index (χ2v) is 6.58. The van der Waals surface area contributed by atoms with Crippen molar-refractivity contribution in [3.63, 3.8) is 0 Å². The van der Waals surface area contributed by atoms with E-state index in [1.807, 2.05) is 6.07 Å². The van der Waals surface area contributed by atoms with E-state index in [4.69, 9.17) is 12.2 Å². The van der Waals surface area contributed by atoms with Gasteiger partial charge in [0.2, 0.25) is 0 Å². The molecule has 1 aliphatic rings. The molecule has 0 aliphatic heterocycles. The quantitative estimate of drug-likeness (QED) is 0.779. The van der Waals surface area contributed by atoms with Crippen LogP contribution in [0.3, 0.4) is 0 Å². The van der Waals surface area contributed by atoms with Gasteiger partial charge in [-0.15, -0.1) is 0 Å². The Balaban J connectivity index is 2.09. The second kappa shape index (κ2) is 4.99. The molecule has 1 saturated carbocycles. The van der Waals surface area contributed by atoms with Crippen molar-refractivity contribution in [3.05, 3.63) is 28.3 Å². The number of benzene rings is 1. The van der Waals surface area contributed by atoms with E-state index in [2.05, 4.69) is 16.5 Å². The molecule has 0 atom stereocenters. The zero-order valence-electron chi connectivity index (χ0n) is 12.1. The molecule has 0 amide bonds. The summed E-state index contributed by atoms with van der Waals surface area (Å²) in [6.45, 7) is 5.03. The number of rotatable bonds is 3. The van der Waals surface area contributed by atoms with Crippen molar-refractivity contribution >= 4 is 23.3 Å². The lowest BCUT2D eigenvalue weighted by Gasteiger charge is -2.28. The van der Waals surface area contributed by atoms with Gasteiger partial charge in [-0.2, -0.15) is 0 Å². The normalized spacial score (nSPS) is 17.9. The molecule has 108 valence electrons. The smallest absolute Gasteiger partial charge is 0.178 e. The van der Waals surface area contributed by atoms with Gasteiger partial charge in [-0.3, -0.25) is 0 Å². The molecule has 1 aliphatic carbocycles. The topological polar surface area (TPSA) is 20.7 Å². The van der Waals surface area contributed by atoms with Crippen LogP contribution >= 0.6 is 12.2 Å². The standard InChI is InChI=1S/C16H21FN2S/c1-3-16(6-4-5-7-16)10-19-14-8-11(2)12(17)9-13(14)18-15(19)20/h8-9H,3-7,10H2,1-2H3,(H,18,20). The molecule has 1 fully saturated rings. The third-order valence-corrected chi connectivity index (χ3v) is 5.28. The summed E-state index contributed by atoms with van der Waals surface area (Å²) < 4.78 is 16.6. The summed E-state index contributed by atoms with van der Waals surface area (Å²) in [6.07, 6.45) is 6.37. The highest BCUT2D eigenvalue weighted by Crippen LogP contribution is 2.43. The summed E-state index contributed by atoms with van der Waals surface area (Å²) in [5, 5.41) is 0. The number of aryl methyl sites for hydroxylation is 1. The number of imidazole rings is 1. The lowest BCUT2D eigenvalue weighted by Crippen LogP contribution is -2.22. The lowest BCUT2D eigenvalue weighted by molar-refractivity contribution is 0.239. The summed E-state index contributed by atoms with van der Waals surface area (Å²) in [6, 6.07) is 3.47. The molecular weight excluding hydrogens is 271 g/mol. The van der Waals surface area contributed by atoms with Gasteiger partial charge in [-0.25, -0.2) is 4.39 Å². The number of halogens is 1. The fourth-order valence-corrected chi connectivity index (χ4v) is 3.80. The highest BCUT2D eigenvalue weighted by molar-refractivity contribution is 7.71. The number of aromatic amines is 1. The predicted octanol–water partition coefficient (Wildman–Crippen LogP) is 5.12. The fraction of sp³-hybridized carbons (Fsp3) is 0.562. The third-order valence-electron chi connectivity index (χ3n) is 4.96. The van der Waals surface area contributed by atoms with Crippen LogP contribution in [0.25, 0.3) is 11.0 Å². The Morgan fingerprint density at radius 3 is 2.70 bits per heavy atom. The highest BCUT2D eigenvalue weighted by Gasteiger charge is 2.33. The molecule has 0 unspecified atom stereocenters. The van der Waals surface area contributed by atoms with Gasteiger partial charge in [0.25, 0.3) is 0 Å². The number of nitrogens with one attached hydrogen (secondary N) is 1. The molecule has 1 aromatic carbocycles. The van der Waals surface area contributed by atoms with Gasteiger partial charge in [-0.05, 0) is 61.5 Å². The van der Waals surface area contributed by atoms with Crippen molar-refractivity contribution in [1.29, 1.82) is 0 Å². The zero-order chi connectivity index (χ0) is 14.3. The van der Waals surface area contributed by atoms with Crippen LogP contribution in [0.1, 0.15) is 44.6 Å². The predicted molar refractivity (Wildman–Crippen MR) is 83.0 cm³/mol. The Kier molecular flexibility index (Phi) is 3.44. The molecule has 0 spiro atoms. The van der Waals surface area contributed by atoms with Crippen LogP contribution in [0.5, 0.6) is 0 Å². The van der Waals surface area contributed by atoms with Crippen LogP contribution in [0.2, 0.25) is 0 Å². The summed E-state index contributed by atoms with van der Waals surface area (Å²) in [4.78, 5) is 3.15. The number of aromatic nitrogens is 2. The molecule has 1 N–H and O–H groups in total. The highest BCUT2D eigenvalue weighted by atomic mass is 32.1. The molecule has 1 heterocycles. The average molecular weight is 292 g/mol. The maximum atomic E-state index is 13.7. The third kappa shape index (κ3) is 2.20. The minimum atomic E-state index is -0.174. The van der Waals surface area contributed by atoms with E-state index in [1.165, 1.54) is 32.1 Å². The van der Waals surface area contributed by atoms with Gasteiger partial charge < -0.3 is 9.55 Å². The Bertz CT molecular complexity index is 692. The van der Waals surface area contributed by atoms with Crippen molar-refractivity contribution < 1.29 is 4.39 Å². The zero-order valence-corrected chi connectivity index (χ0v) is 12.9. The van der Waals surface area contributed by atoms with Gasteiger partial charge in [0, 0.05) is 6.54 Å². The van der Waals surface area contributed by atoms with Crippen molar-refractivity contribution in [3.8, 4) is 0 Å². The largest absolute Gasteiger partial charge is 0.330 e. The first-order valence-electron chi connectivity index (χ1n) is 7.43. The van der Waals surface area contributed by atoms with Crippen LogP contribution in [-0.4, -0.2) is 9.55 Å². The summed E-state index contributed by atoms with van der Waals surface area (Å²) >= 11 is 5.46. The Morgan fingerprint density at radius 2 is 2.05 bits per heavy atom. The lowest BCUT2D eigenvalue weighted by atomic mass is 9.83. The van der Waals surface area contributed by atoms with Crippen LogP contribution in [0.4, 0.5) is 4.39 Å².